The third-order valence-electron chi connectivity index (χ3n) is 4.56. The predicted molar refractivity (Wildman–Crippen MR) is 65.5 cm³/mol. The van der Waals surface area contributed by atoms with Crippen molar-refractivity contribution in [3.8, 4) is 0 Å². The van der Waals surface area contributed by atoms with Crippen LogP contribution in [0.15, 0.2) is 11.6 Å². The second-order valence-electron chi connectivity index (χ2n) is 5.63. The van der Waals surface area contributed by atoms with Gasteiger partial charge in [0.2, 0.25) is 0 Å². The standard InChI is InChI=1S/C14H22O3/c1-9-5-6-14(8-17-12(4)15)7-16-11(3)13(9)10(14)2/h5,10-11,13H,6-8H2,1-4H3/t10?,11?,13-,14-/m0/s1. The van der Waals surface area contributed by atoms with Crippen LogP contribution in [0.2, 0.25) is 0 Å². The maximum absolute atomic E-state index is 11.0. The third kappa shape index (κ3) is 2.13. The molecule has 1 aliphatic heterocycles. The minimum Gasteiger partial charge on any atom is -0.465 e. The number of fused-ring (bicyclic) bond motifs is 2. The fraction of sp³-hybridized carbons (Fsp3) is 0.786. The van der Waals surface area contributed by atoms with Crippen LogP contribution in [-0.2, 0) is 14.3 Å². The Morgan fingerprint density at radius 1 is 1.59 bits per heavy atom. The molecule has 0 radical (unpaired) electrons. The average molecular weight is 238 g/mol. The van der Waals surface area contributed by atoms with Crippen LogP contribution in [0.1, 0.15) is 34.1 Å². The van der Waals surface area contributed by atoms with E-state index in [0.717, 1.165) is 6.42 Å². The van der Waals surface area contributed by atoms with Crippen LogP contribution >= 0.6 is 0 Å². The normalized spacial score (nSPS) is 40.7. The number of esters is 1. The van der Waals surface area contributed by atoms with Crippen molar-refractivity contribution < 1.29 is 14.3 Å². The van der Waals surface area contributed by atoms with Gasteiger partial charge >= 0.3 is 5.97 Å². The summed E-state index contributed by atoms with van der Waals surface area (Å²) in [5, 5.41) is 0. The minimum absolute atomic E-state index is 0.0116. The number of carbonyl (C=O) groups is 1. The highest BCUT2D eigenvalue weighted by Crippen LogP contribution is 2.49. The molecule has 0 amide bonds. The van der Waals surface area contributed by atoms with Gasteiger partial charge in [-0.3, -0.25) is 4.79 Å². The lowest BCUT2D eigenvalue weighted by Gasteiger charge is -2.51. The van der Waals surface area contributed by atoms with Gasteiger partial charge in [-0.1, -0.05) is 18.6 Å². The van der Waals surface area contributed by atoms with Crippen molar-refractivity contribution in [2.75, 3.05) is 13.2 Å². The molecule has 2 rings (SSSR count). The number of carbonyl (C=O) groups excluding carboxylic acids is 1. The molecule has 1 fully saturated rings. The summed E-state index contributed by atoms with van der Waals surface area (Å²) in [7, 11) is 0. The summed E-state index contributed by atoms with van der Waals surface area (Å²) in [4.78, 5) is 11.0. The molecule has 2 unspecified atom stereocenters. The molecular weight excluding hydrogens is 216 g/mol. The Balaban J connectivity index is 2.21. The van der Waals surface area contributed by atoms with E-state index >= 15 is 0 Å². The molecule has 0 N–H and O–H groups in total. The van der Waals surface area contributed by atoms with E-state index in [2.05, 4.69) is 26.8 Å². The summed E-state index contributed by atoms with van der Waals surface area (Å²) in [5.41, 5.74) is 1.41. The molecular formula is C14H22O3. The lowest BCUT2D eigenvalue weighted by atomic mass is 9.60. The van der Waals surface area contributed by atoms with Crippen molar-refractivity contribution in [1.82, 2.24) is 0 Å². The van der Waals surface area contributed by atoms with Gasteiger partial charge in [-0.15, -0.1) is 0 Å². The van der Waals surface area contributed by atoms with E-state index in [1.54, 1.807) is 0 Å². The first-order valence-electron chi connectivity index (χ1n) is 6.38. The van der Waals surface area contributed by atoms with E-state index < -0.39 is 0 Å². The molecule has 4 atom stereocenters. The monoisotopic (exact) mass is 238 g/mol. The molecule has 2 aliphatic rings. The van der Waals surface area contributed by atoms with Crippen molar-refractivity contribution in [2.45, 2.75) is 40.2 Å². The van der Waals surface area contributed by atoms with Crippen molar-refractivity contribution >= 4 is 5.97 Å². The topological polar surface area (TPSA) is 35.5 Å². The molecule has 0 aromatic carbocycles. The van der Waals surface area contributed by atoms with Gasteiger partial charge in [0.1, 0.15) is 0 Å². The summed E-state index contributed by atoms with van der Waals surface area (Å²) < 4.78 is 11.1. The molecule has 17 heavy (non-hydrogen) atoms. The van der Waals surface area contributed by atoms with Gasteiger partial charge in [0.15, 0.2) is 0 Å². The van der Waals surface area contributed by atoms with Gasteiger partial charge in [0.25, 0.3) is 0 Å². The molecule has 1 heterocycles. The molecule has 1 aliphatic carbocycles. The Hall–Kier alpha value is -0.830. The molecule has 3 nitrogen and oxygen atoms in total. The summed E-state index contributed by atoms with van der Waals surface area (Å²) in [6, 6.07) is 0. The van der Waals surface area contributed by atoms with Crippen LogP contribution in [0.4, 0.5) is 0 Å². The van der Waals surface area contributed by atoms with E-state index in [9.17, 15) is 4.79 Å². The summed E-state index contributed by atoms with van der Waals surface area (Å²) in [6.07, 6.45) is 3.52. The first kappa shape index (κ1) is 12.6. The number of rotatable bonds is 2. The van der Waals surface area contributed by atoms with Crippen LogP contribution in [0.5, 0.6) is 0 Å². The minimum atomic E-state index is -0.201. The van der Waals surface area contributed by atoms with Gasteiger partial charge < -0.3 is 9.47 Å². The number of ether oxygens (including phenoxy) is 2. The fourth-order valence-electron chi connectivity index (χ4n) is 3.31. The van der Waals surface area contributed by atoms with Gasteiger partial charge in [-0.05, 0) is 26.2 Å². The van der Waals surface area contributed by atoms with Crippen LogP contribution < -0.4 is 0 Å². The first-order valence-corrected chi connectivity index (χ1v) is 6.38. The van der Waals surface area contributed by atoms with Crippen LogP contribution in [-0.4, -0.2) is 25.3 Å². The van der Waals surface area contributed by atoms with Crippen LogP contribution in [0.3, 0.4) is 0 Å². The second-order valence-corrected chi connectivity index (χ2v) is 5.63. The Kier molecular flexibility index (Phi) is 3.30. The molecule has 2 bridgehead atoms. The summed E-state index contributed by atoms with van der Waals surface area (Å²) in [5.74, 6) is 0.775. The molecule has 0 aromatic heterocycles. The summed E-state index contributed by atoms with van der Waals surface area (Å²) in [6.45, 7) is 9.24. The van der Waals surface area contributed by atoms with Gasteiger partial charge in [0, 0.05) is 18.3 Å². The molecule has 1 saturated heterocycles. The van der Waals surface area contributed by atoms with E-state index in [0.29, 0.717) is 25.0 Å². The van der Waals surface area contributed by atoms with Crippen LogP contribution in [0.25, 0.3) is 0 Å². The number of hydrogen-bond donors (Lipinski definition) is 0. The Labute approximate surface area is 103 Å². The molecule has 96 valence electrons. The first-order chi connectivity index (χ1) is 7.96. The molecule has 3 heteroatoms. The highest BCUT2D eigenvalue weighted by molar-refractivity contribution is 5.65. The van der Waals surface area contributed by atoms with E-state index in [1.807, 2.05) is 0 Å². The molecule has 0 spiro atoms. The zero-order chi connectivity index (χ0) is 12.6. The van der Waals surface area contributed by atoms with E-state index in [1.165, 1.54) is 12.5 Å². The predicted octanol–water partition coefficient (Wildman–Crippen LogP) is 2.56. The number of hydrogen-bond acceptors (Lipinski definition) is 3. The van der Waals surface area contributed by atoms with Gasteiger partial charge in [-0.25, -0.2) is 0 Å². The second kappa shape index (κ2) is 4.45. The van der Waals surface area contributed by atoms with Gasteiger partial charge in [0.05, 0.1) is 19.3 Å². The largest absolute Gasteiger partial charge is 0.465 e. The Bertz CT molecular complexity index is 347. The van der Waals surface area contributed by atoms with E-state index in [4.69, 9.17) is 9.47 Å². The molecule has 0 saturated carbocycles. The number of allylic oxidation sites excluding steroid dienone is 1. The quantitative estimate of drug-likeness (QED) is 0.548. The molecule has 0 aromatic rings. The Morgan fingerprint density at radius 2 is 2.29 bits per heavy atom. The Morgan fingerprint density at radius 3 is 2.94 bits per heavy atom. The SMILES string of the molecule is CC(=O)OC[C@]12CC=C(C)[C@H](C(C)OC1)C2C. The highest BCUT2D eigenvalue weighted by Gasteiger charge is 2.49. The zero-order valence-corrected chi connectivity index (χ0v) is 11.2. The zero-order valence-electron chi connectivity index (χ0n) is 11.2. The third-order valence-corrected chi connectivity index (χ3v) is 4.56. The fourth-order valence-corrected chi connectivity index (χ4v) is 3.31. The van der Waals surface area contributed by atoms with Crippen molar-refractivity contribution in [3.05, 3.63) is 11.6 Å². The average Bonchev–Trinajstić information content (AvgIpc) is 2.26. The van der Waals surface area contributed by atoms with Crippen molar-refractivity contribution in [3.63, 3.8) is 0 Å². The van der Waals surface area contributed by atoms with Crippen molar-refractivity contribution in [2.24, 2.45) is 17.3 Å². The lowest BCUT2D eigenvalue weighted by Crippen LogP contribution is -2.52. The van der Waals surface area contributed by atoms with Crippen molar-refractivity contribution in [1.29, 1.82) is 0 Å². The van der Waals surface area contributed by atoms with Gasteiger partial charge in [-0.2, -0.15) is 0 Å². The van der Waals surface area contributed by atoms with Crippen LogP contribution in [0, 0.1) is 17.3 Å². The van der Waals surface area contributed by atoms with E-state index in [-0.39, 0.29) is 17.5 Å². The maximum atomic E-state index is 11.0. The maximum Gasteiger partial charge on any atom is 0.302 e. The lowest BCUT2D eigenvalue weighted by molar-refractivity contribution is -0.165. The highest BCUT2D eigenvalue weighted by atomic mass is 16.5. The smallest absolute Gasteiger partial charge is 0.302 e. The summed E-state index contributed by atoms with van der Waals surface area (Å²) >= 11 is 0.